The first kappa shape index (κ1) is 16.2. The van der Waals surface area contributed by atoms with Crippen molar-refractivity contribution < 1.29 is 9.59 Å². The monoisotopic (exact) mass is 322 g/mol. The van der Waals surface area contributed by atoms with Gasteiger partial charge in [0, 0.05) is 5.69 Å². The van der Waals surface area contributed by atoms with E-state index >= 15 is 0 Å². The zero-order valence-electron chi connectivity index (χ0n) is 14.5. The molecule has 1 aliphatic heterocycles. The Morgan fingerprint density at radius 1 is 1.00 bits per heavy atom. The first-order valence-corrected chi connectivity index (χ1v) is 8.15. The Labute approximate surface area is 142 Å². The van der Waals surface area contributed by atoms with Crippen molar-refractivity contribution >= 4 is 23.2 Å². The third kappa shape index (κ3) is 2.80. The van der Waals surface area contributed by atoms with Gasteiger partial charge in [0.1, 0.15) is 6.04 Å². The summed E-state index contributed by atoms with van der Waals surface area (Å²) in [5.41, 5.74) is 5.89. The molecule has 0 saturated carbocycles. The van der Waals surface area contributed by atoms with Gasteiger partial charge in [0.25, 0.3) is 5.91 Å². The van der Waals surface area contributed by atoms with Crippen LogP contribution in [0.15, 0.2) is 36.4 Å². The van der Waals surface area contributed by atoms with E-state index < -0.39 is 6.04 Å². The Kier molecular flexibility index (Phi) is 4.14. The average molecular weight is 322 g/mol. The van der Waals surface area contributed by atoms with E-state index in [1.807, 2.05) is 64.1 Å². The number of carbonyl (C=O) groups is 2. The normalized spacial score (nSPS) is 17.5. The number of aryl methyl sites for hydroxylation is 3. The number of benzene rings is 2. The van der Waals surface area contributed by atoms with Crippen molar-refractivity contribution in [2.75, 3.05) is 10.2 Å². The minimum Gasteiger partial charge on any atom is -0.373 e. The van der Waals surface area contributed by atoms with Crippen LogP contribution in [0, 0.1) is 27.7 Å². The van der Waals surface area contributed by atoms with Gasteiger partial charge in [-0.25, -0.2) is 4.90 Å². The van der Waals surface area contributed by atoms with E-state index in [9.17, 15) is 9.59 Å². The molecule has 1 saturated heterocycles. The van der Waals surface area contributed by atoms with Crippen LogP contribution in [0.5, 0.6) is 0 Å². The van der Waals surface area contributed by atoms with E-state index in [-0.39, 0.29) is 18.2 Å². The number of hydrogen-bond acceptors (Lipinski definition) is 3. The summed E-state index contributed by atoms with van der Waals surface area (Å²) in [4.78, 5) is 26.6. The van der Waals surface area contributed by atoms with Gasteiger partial charge in [0.05, 0.1) is 12.1 Å². The Morgan fingerprint density at radius 2 is 1.75 bits per heavy atom. The van der Waals surface area contributed by atoms with Crippen LogP contribution in [0.1, 0.15) is 28.7 Å². The quantitative estimate of drug-likeness (QED) is 0.877. The van der Waals surface area contributed by atoms with E-state index in [1.54, 1.807) is 0 Å². The highest BCUT2D eigenvalue weighted by Gasteiger charge is 2.40. The molecule has 1 fully saturated rings. The first-order valence-electron chi connectivity index (χ1n) is 8.15. The minimum absolute atomic E-state index is 0.158. The van der Waals surface area contributed by atoms with Crippen molar-refractivity contribution in [3.05, 3.63) is 58.7 Å². The van der Waals surface area contributed by atoms with Gasteiger partial charge in [-0.1, -0.05) is 29.8 Å². The lowest BCUT2D eigenvalue weighted by molar-refractivity contribution is -0.121. The molecule has 4 nitrogen and oxygen atoms in total. The second-order valence-corrected chi connectivity index (χ2v) is 6.51. The zero-order valence-corrected chi connectivity index (χ0v) is 14.5. The topological polar surface area (TPSA) is 49.4 Å². The van der Waals surface area contributed by atoms with Crippen molar-refractivity contribution in [1.29, 1.82) is 0 Å². The van der Waals surface area contributed by atoms with Gasteiger partial charge in [-0.05, 0) is 56.5 Å². The molecule has 0 unspecified atom stereocenters. The maximum atomic E-state index is 12.8. The van der Waals surface area contributed by atoms with Gasteiger partial charge in [-0.2, -0.15) is 0 Å². The Hall–Kier alpha value is -2.62. The fourth-order valence-corrected chi connectivity index (χ4v) is 3.15. The maximum Gasteiger partial charge on any atom is 0.256 e. The van der Waals surface area contributed by atoms with Crippen molar-refractivity contribution in [3.63, 3.8) is 0 Å². The van der Waals surface area contributed by atoms with Crippen LogP contribution in [0.2, 0.25) is 0 Å². The largest absolute Gasteiger partial charge is 0.373 e. The Morgan fingerprint density at radius 3 is 2.46 bits per heavy atom. The van der Waals surface area contributed by atoms with Crippen LogP contribution in [0.3, 0.4) is 0 Å². The number of nitrogens with one attached hydrogen (secondary N) is 1. The van der Waals surface area contributed by atoms with E-state index in [4.69, 9.17) is 0 Å². The molecule has 2 amide bonds. The summed E-state index contributed by atoms with van der Waals surface area (Å²) in [6.07, 6.45) is 0.180. The van der Waals surface area contributed by atoms with E-state index in [2.05, 4.69) is 5.32 Å². The molecule has 1 heterocycles. The van der Waals surface area contributed by atoms with E-state index in [0.717, 1.165) is 27.9 Å². The molecular formula is C20H22N2O2. The molecule has 124 valence electrons. The zero-order chi connectivity index (χ0) is 17.4. The van der Waals surface area contributed by atoms with Crippen molar-refractivity contribution in [2.24, 2.45) is 0 Å². The summed E-state index contributed by atoms with van der Waals surface area (Å²) < 4.78 is 0. The maximum absolute atomic E-state index is 12.8. The van der Waals surface area contributed by atoms with Gasteiger partial charge >= 0.3 is 0 Å². The number of imide groups is 1. The number of anilines is 2. The molecule has 1 atom stereocenters. The molecule has 1 aliphatic rings. The molecule has 0 spiro atoms. The van der Waals surface area contributed by atoms with Crippen molar-refractivity contribution in [2.45, 2.75) is 40.2 Å². The Bertz CT molecular complexity index is 826. The lowest BCUT2D eigenvalue weighted by Crippen LogP contribution is -2.35. The summed E-state index contributed by atoms with van der Waals surface area (Å²) in [7, 11) is 0. The van der Waals surface area contributed by atoms with Crippen LogP contribution >= 0.6 is 0 Å². The smallest absolute Gasteiger partial charge is 0.256 e. The highest BCUT2D eigenvalue weighted by Crippen LogP contribution is 2.29. The fraction of sp³-hybridized carbons (Fsp3) is 0.300. The second kappa shape index (κ2) is 6.11. The highest BCUT2D eigenvalue weighted by atomic mass is 16.2. The summed E-state index contributed by atoms with van der Waals surface area (Å²) in [6, 6.07) is 11.2. The van der Waals surface area contributed by atoms with Crippen molar-refractivity contribution in [3.8, 4) is 0 Å². The average Bonchev–Trinajstić information content (AvgIpc) is 2.79. The summed E-state index contributed by atoms with van der Waals surface area (Å²) in [5, 5.41) is 3.25. The molecule has 0 aliphatic carbocycles. The minimum atomic E-state index is -0.515. The summed E-state index contributed by atoms with van der Waals surface area (Å²) >= 11 is 0. The number of rotatable bonds is 3. The second-order valence-electron chi connectivity index (χ2n) is 6.51. The van der Waals surface area contributed by atoms with Gasteiger partial charge in [-0.15, -0.1) is 0 Å². The first-order chi connectivity index (χ1) is 11.4. The third-order valence-corrected chi connectivity index (χ3v) is 4.67. The van der Waals surface area contributed by atoms with Gasteiger partial charge < -0.3 is 5.32 Å². The van der Waals surface area contributed by atoms with Gasteiger partial charge in [-0.3, -0.25) is 9.59 Å². The molecule has 2 aromatic rings. The van der Waals surface area contributed by atoms with Crippen LogP contribution in [0.25, 0.3) is 0 Å². The number of amides is 2. The lowest BCUT2D eigenvalue weighted by Gasteiger charge is -2.19. The fourth-order valence-electron chi connectivity index (χ4n) is 3.15. The van der Waals surface area contributed by atoms with E-state index in [0.29, 0.717) is 5.69 Å². The van der Waals surface area contributed by atoms with Crippen LogP contribution in [-0.2, 0) is 9.59 Å². The highest BCUT2D eigenvalue weighted by molar-refractivity contribution is 6.23. The number of carbonyl (C=O) groups excluding carboxylic acids is 2. The predicted octanol–water partition coefficient (Wildman–Crippen LogP) is 3.66. The molecular weight excluding hydrogens is 300 g/mol. The molecule has 24 heavy (non-hydrogen) atoms. The van der Waals surface area contributed by atoms with Gasteiger partial charge in [0.2, 0.25) is 5.91 Å². The molecule has 0 bridgehead atoms. The lowest BCUT2D eigenvalue weighted by atomic mass is 10.1. The number of nitrogens with zero attached hydrogens (tertiary/aromatic N) is 1. The molecule has 2 aromatic carbocycles. The van der Waals surface area contributed by atoms with Crippen molar-refractivity contribution in [1.82, 2.24) is 0 Å². The van der Waals surface area contributed by atoms with Gasteiger partial charge in [0.15, 0.2) is 0 Å². The van der Waals surface area contributed by atoms with E-state index in [1.165, 1.54) is 4.90 Å². The van der Waals surface area contributed by atoms with Crippen LogP contribution in [-0.4, -0.2) is 17.9 Å². The molecule has 1 N–H and O–H groups in total. The molecule has 4 heteroatoms. The molecule has 0 radical (unpaired) electrons. The number of hydrogen-bond donors (Lipinski definition) is 1. The van der Waals surface area contributed by atoms with Crippen LogP contribution < -0.4 is 10.2 Å². The Balaban J connectivity index is 1.88. The predicted molar refractivity (Wildman–Crippen MR) is 96.4 cm³/mol. The molecule has 3 rings (SSSR count). The molecule has 0 aromatic heterocycles. The van der Waals surface area contributed by atoms with Crippen LogP contribution in [0.4, 0.5) is 11.4 Å². The standard InChI is InChI=1S/C20H22N2O2/c1-12-8-9-18(14(3)10-12)22-19(23)11-17(20(22)24)21-16-7-5-6-13(2)15(16)4/h5-10,17,21H,11H2,1-4H3/t17-/m0/s1. The summed E-state index contributed by atoms with van der Waals surface area (Å²) in [6.45, 7) is 7.97. The summed E-state index contributed by atoms with van der Waals surface area (Å²) in [5.74, 6) is -0.345. The SMILES string of the molecule is Cc1ccc(N2C(=O)C[C@H](Nc3cccc(C)c3C)C2=O)c(C)c1. The third-order valence-electron chi connectivity index (χ3n) is 4.67.